The van der Waals surface area contributed by atoms with Gasteiger partial charge in [0.25, 0.3) is 5.56 Å². The number of rotatable bonds is 4. The molecule has 2 N–H and O–H groups in total. The molecule has 2 aromatic rings. The normalized spacial score (nSPS) is 20.3. The lowest BCUT2D eigenvalue weighted by Gasteiger charge is -2.14. The molecule has 4 rings (SSSR count). The van der Waals surface area contributed by atoms with Crippen LogP contribution in [0.3, 0.4) is 0 Å². The number of halogens is 1. The third-order valence-electron chi connectivity index (χ3n) is 5.06. The number of aryl methyl sites for hydroxylation is 1. The Labute approximate surface area is 151 Å². The molecule has 0 bridgehead atoms. The summed E-state index contributed by atoms with van der Waals surface area (Å²) in [5.41, 5.74) is 3.12. The Morgan fingerprint density at radius 1 is 1.15 bits per heavy atom. The summed E-state index contributed by atoms with van der Waals surface area (Å²) < 4.78 is 14.6. The highest BCUT2D eigenvalue weighted by Gasteiger charge is 2.27. The van der Waals surface area contributed by atoms with Crippen molar-refractivity contribution in [1.82, 2.24) is 10.3 Å². The van der Waals surface area contributed by atoms with Gasteiger partial charge in [0.2, 0.25) is 5.91 Å². The minimum atomic E-state index is -0.340. The van der Waals surface area contributed by atoms with Crippen molar-refractivity contribution in [2.75, 3.05) is 0 Å². The Kier molecular flexibility index (Phi) is 4.23. The highest BCUT2D eigenvalue weighted by molar-refractivity contribution is 5.82. The summed E-state index contributed by atoms with van der Waals surface area (Å²) in [4.78, 5) is 26.9. The van der Waals surface area contributed by atoms with Crippen molar-refractivity contribution in [2.24, 2.45) is 0 Å². The summed E-state index contributed by atoms with van der Waals surface area (Å²) in [6.07, 6.45) is 5.07. The lowest BCUT2D eigenvalue weighted by atomic mass is 9.97. The number of H-pyrrole nitrogens is 1. The molecule has 134 valence electrons. The van der Waals surface area contributed by atoms with E-state index in [1.165, 1.54) is 6.07 Å². The fourth-order valence-corrected chi connectivity index (χ4v) is 3.48. The first-order chi connectivity index (χ1) is 12.5. The van der Waals surface area contributed by atoms with Crippen LogP contribution in [0, 0.1) is 12.7 Å². The first-order valence-electron chi connectivity index (χ1n) is 9.02. The summed E-state index contributed by atoms with van der Waals surface area (Å²) in [5, 5.41) is 2.88. The molecule has 1 aliphatic heterocycles. The highest BCUT2D eigenvalue weighted by atomic mass is 19.1. The fraction of sp³-hybridized carbons (Fsp3) is 0.333. The molecule has 1 amide bonds. The zero-order valence-corrected chi connectivity index (χ0v) is 14.6. The Morgan fingerprint density at radius 2 is 1.96 bits per heavy atom. The quantitative estimate of drug-likeness (QED) is 0.886. The number of aromatic amines is 1. The van der Waals surface area contributed by atoms with Gasteiger partial charge in [0.15, 0.2) is 0 Å². The van der Waals surface area contributed by atoms with Crippen LogP contribution in [0.1, 0.15) is 54.0 Å². The maximum absolute atomic E-state index is 14.6. The molecule has 1 saturated heterocycles. The van der Waals surface area contributed by atoms with E-state index in [0.717, 1.165) is 24.0 Å². The van der Waals surface area contributed by atoms with Gasteiger partial charge in [0, 0.05) is 34.9 Å². The minimum Gasteiger partial charge on any atom is -0.350 e. The van der Waals surface area contributed by atoms with Crippen molar-refractivity contribution in [2.45, 2.75) is 44.6 Å². The first-order valence-corrected chi connectivity index (χ1v) is 9.02. The van der Waals surface area contributed by atoms with Crippen LogP contribution in [0.25, 0.3) is 5.57 Å². The summed E-state index contributed by atoms with van der Waals surface area (Å²) in [6, 6.07) is 8.57. The van der Waals surface area contributed by atoms with E-state index in [2.05, 4.69) is 10.3 Å². The molecule has 1 aliphatic carbocycles. The van der Waals surface area contributed by atoms with Gasteiger partial charge >= 0.3 is 0 Å². The zero-order valence-electron chi connectivity index (χ0n) is 14.6. The predicted octanol–water partition coefficient (Wildman–Crippen LogP) is 3.41. The van der Waals surface area contributed by atoms with Gasteiger partial charge in [-0.2, -0.15) is 0 Å². The van der Waals surface area contributed by atoms with Crippen molar-refractivity contribution in [1.29, 1.82) is 0 Å². The second kappa shape index (κ2) is 6.56. The number of aromatic nitrogens is 1. The van der Waals surface area contributed by atoms with Crippen LogP contribution in [0.15, 0.2) is 41.2 Å². The number of pyridine rings is 1. The van der Waals surface area contributed by atoms with Gasteiger partial charge in [-0.25, -0.2) is 4.39 Å². The van der Waals surface area contributed by atoms with Gasteiger partial charge in [-0.1, -0.05) is 24.3 Å². The lowest BCUT2D eigenvalue weighted by Crippen LogP contribution is -2.24. The molecule has 2 heterocycles. The number of hydrogen-bond acceptors (Lipinski definition) is 2. The van der Waals surface area contributed by atoms with Crippen molar-refractivity contribution in [3.05, 3.63) is 75.0 Å². The van der Waals surface area contributed by atoms with Crippen LogP contribution in [0.4, 0.5) is 4.39 Å². The van der Waals surface area contributed by atoms with E-state index in [4.69, 9.17) is 0 Å². The molecule has 0 spiro atoms. The average Bonchev–Trinajstić information content (AvgIpc) is 3.35. The van der Waals surface area contributed by atoms with Crippen LogP contribution >= 0.6 is 0 Å². The van der Waals surface area contributed by atoms with Gasteiger partial charge in [-0.15, -0.1) is 0 Å². The maximum atomic E-state index is 14.6. The summed E-state index contributed by atoms with van der Waals surface area (Å²) in [7, 11) is 0. The second-order valence-electron chi connectivity index (χ2n) is 7.21. The summed E-state index contributed by atoms with van der Waals surface area (Å²) >= 11 is 0. The number of benzene rings is 1. The molecule has 4 nitrogen and oxygen atoms in total. The predicted molar refractivity (Wildman–Crippen MR) is 98.4 cm³/mol. The molecule has 1 saturated carbocycles. The summed E-state index contributed by atoms with van der Waals surface area (Å²) in [5.74, 6) is 0.00528. The van der Waals surface area contributed by atoms with E-state index in [9.17, 15) is 14.0 Å². The Hall–Kier alpha value is -2.69. The van der Waals surface area contributed by atoms with E-state index in [-0.39, 0.29) is 23.3 Å². The van der Waals surface area contributed by atoms with Crippen molar-refractivity contribution >= 4 is 11.5 Å². The third kappa shape index (κ3) is 3.34. The molecule has 2 fully saturated rings. The monoisotopic (exact) mass is 352 g/mol. The molecule has 1 aromatic carbocycles. The van der Waals surface area contributed by atoms with Crippen molar-refractivity contribution in [3.8, 4) is 0 Å². The number of amides is 1. The first kappa shape index (κ1) is 16.8. The fourth-order valence-electron chi connectivity index (χ4n) is 3.48. The maximum Gasteiger partial charge on any atom is 0.251 e. The Balaban J connectivity index is 1.79. The van der Waals surface area contributed by atoms with E-state index >= 15 is 0 Å². The zero-order chi connectivity index (χ0) is 18.3. The highest BCUT2D eigenvalue weighted by Crippen LogP contribution is 2.38. The van der Waals surface area contributed by atoms with E-state index in [1.807, 2.05) is 31.2 Å². The largest absolute Gasteiger partial charge is 0.350 e. The topological polar surface area (TPSA) is 62.0 Å². The van der Waals surface area contributed by atoms with E-state index < -0.39 is 0 Å². The number of carbonyl (C=O) groups is 1. The number of carbonyl (C=O) groups excluding carboxylic acids is 1. The molecular weight excluding hydrogens is 331 g/mol. The van der Waals surface area contributed by atoms with Gasteiger partial charge in [0.1, 0.15) is 5.82 Å². The molecule has 2 aliphatic rings. The summed E-state index contributed by atoms with van der Waals surface area (Å²) in [6.45, 7) is 1.83. The SMILES string of the molecule is Cc1ccc(/C(=C\[C@H]2CCC(=O)N2)c2ccc(C3CC3)c(=O)[nH]2)c(F)c1. The van der Waals surface area contributed by atoms with Crippen molar-refractivity contribution < 1.29 is 9.18 Å². The molecule has 1 aromatic heterocycles. The van der Waals surface area contributed by atoms with Gasteiger partial charge < -0.3 is 10.3 Å². The van der Waals surface area contributed by atoms with Crippen LogP contribution in [0.2, 0.25) is 0 Å². The molecule has 26 heavy (non-hydrogen) atoms. The minimum absolute atomic E-state index is 0.00690. The van der Waals surface area contributed by atoms with Crippen molar-refractivity contribution in [3.63, 3.8) is 0 Å². The second-order valence-corrected chi connectivity index (χ2v) is 7.21. The molecule has 5 heteroatoms. The standard InChI is InChI=1S/C21H21FN2O2/c1-12-2-6-16(18(22)10-12)17(11-14-5-9-20(25)23-14)19-8-7-15(13-3-4-13)21(26)24-19/h2,6-8,10-11,13-14H,3-5,9H2,1H3,(H,23,25)(H,24,26)/b17-11+/t14-/m1/s1. The molecule has 0 radical (unpaired) electrons. The third-order valence-corrected chi connectivity index (χ3v) is 5.06. The molecular formula is C21H21FN2O2. The van der Waals surface area contributed by atoms with Gasteiger partial charge in [-0.3, -0.25) is 9.59 Å². The van der Waals surface area contributed by atoms with Crippen LogP contribution in [0.5, 0.6) is 0 Å². The molecule has 1 atom stereocenters. The lowest BCUT2D eigenvalue weighted by molar-refractivity contribution is -0.119. The van der Waals surface area contributed by atoms with Gasteiger partial charge in [-0.05, 0) is 49.8 Å². The molecule has 0 unspecified atom stereocenters. The van der Waals surface area contributed by atoms with Crippen LogP contribution in [-0.4, -0.2) is 16.9 Å². The van der Waals surface area contributed by atoms with E-state index in [1.54, 1.807) is 6.07 Å². The Bertz CT molecular complexity index is 957. The van der Waals surface area contributed by atoms with E-state index in [0.29, 0.717) is 35.6 Å². The van der Waals surface area contributed by atoms with Crippen LogP contribution in [-0.2, 0) is 4.79 Å². The van der Waals surface area contributed by atoms with Crippen LogP contribution < -0.4 is 10.9 Å². The number of nitrogens with one attached hydrogen (secondary N) is 2. The number of hydrogen-bond donors (Lipinski definition) is 2. The van der Waals surface area contributed by atoms with Gasteiger partial charge in [0.05, 0.1) is 0 Å². The smallest absolute Gasteiger partial charge is 0.251 e. The average molecular weight is 352 g/mol. The Morgan fingerprint density at radius 3 is 2.58 bits per heavy atom.